The summed E-state index contributed by atoms with van der Waals surface area (Å²) in [6, 6.07) is 4.33. The molecule has 8 heteroatoms. The number of ether oxygens (including phenoxy) is 1. The third-order valence-corrected chi connectivity index (χ3v) is 3.04. The molecule has 0 saturated heterocycles. The van der Waals surface area contributed by atoms with Crippen molar-refractivity contribution < 1.29 is 27.9 Å². The summed E-state index contributed by atoms with van der Waals surface area (Å²) >= 11 is 0. The largest absolute Gasteiger partial charge is 0.482 e. The fourth-order valence-corrected chi connectivity index (χ4v) is 1.83. The Morgan fingerprint density at radius 1 is 1.39 bits per heavy atom. The molecule has 23 heavy (non-hydrogen) atoms. The van der Waals surface area contributed by atoms with Gasteiger partial charge in [0.05, 0.1) is 0 Å². The number of aliphatic hydroxyl groups excluding tert-OH is 1. The second kappa shape index (κ2) is 7.68. The Morgan fingerprint density at radius 2 is 2.17 bits per heavy atom. The van der Waals surface area contributed by atoms with Crippen LogP contribution >= 0.6 is 0 Å². The van der Waals surface area contributed by atoms with Crippen molar-refractivity contribution in [2.45, 2.75) is 13.0 Å². The van der Waals surface area contributed by atoms with Crippen molar-refractivity contribution >= 4 is 5.91 Å². The Labute approximate surface area is 131 Å². The van der Waals surface area contributed by atoms with Crippen LogP contribution in [0.3, 0.4) is 0 Å². The number of aliphatic hydroxyl groups is 1. The van der Waals surface area contributed by atoms with E-state index in [0.29, 0.717) is 19.0 Å². The summed E-state index contributed by atoms with van der Waals surface area (Å²) in [6.07, 6.45) is 0.458. The van der Waals surface area contributed by atoms with Gasteiger partial charge in [-0.05, 0) is 18.6 Å². The fourth-order valence-electron chi connectivity index (χ4n) is 1.83. The van der Waals surface area contributed by atoms with Crippen LogP contribution in [0.2, 0.25) is 0 Å². The fraction of sp³-hybridized carbons (Fsp3) is 0.333. The highest BCUT2D eigenvalue weighted by Crippen LogP contribution is 2.19. The van der Waals surface area contributed by atoms with Crippen LogP contribution in [0.4, 0.5) is 8.78 Å². The number of carbonyl (C=O) groups excluding carboxylic acids is 1. The van der Waals surface area contributed by atoms with E-state index in [2.05, 4.69) is 5.16 Å². The van der Waals surface area contributed by atoms with Crippen LogP contribution in [-0.2, 0) is 6.61 Å². The summed E-state index contributed by atoms with van der Waals surface area (Å²) in [7, 11) is 1.58. The Morgan fingerprint density at radius 3 is 2.87 bits per heavy atom. The second-order valence-corrected chi connectivity index (χ2v) is 4.85. The van der Waals surface area contributed by atoms with E-state index in [1.165, 1.54) is 11.0 Å². The first-order valence-electron chi connectivity index (χ1n) is 6.91. The zero-order valence-corrected chi connectivity index (χ0v) is 12.5. The minimum atomic E-state index is -0.829. The number of carbonyl (C=O) groups is 1. The van der Waals surface area contributed by atoms with Crippen molar-refractivity contribution in [2.24, 2.45) is 0 Å². The Balaban J connectivity index is 1.95. The molecule has 1 heterocycles. The molecular formula is C15H16F2N2O4. The van der Waals surface area contributed by atoms with E-state index in [9.17, 15) is 13.6 Å². The van der Waals surface area contributed by atoms with Crippen molar-refractivity contribution in [3.05, 3.63) is 47.4 Å². The maximum atomic E-state index is 13.4. The van der Waals surface area contributed by atoms with Gasteiger partial charge in [-0.2, -0.15) is 0 Å². The minimum absolute atomic E-state index is 0.0151. The van der Waals surface area contributed by atoms with Gasteiger partial charge in [0.2, 0.25) is 0 Å². The number of benzene rings is 1. The first-order valence-corrected chi connectivity index (χ1v) is 6.91. The van der Waals surface area contributed by atoms with Gasteiger partial charge in [0.1, 0.15) is 12.4 Å². The third kappa shape index (κ3) is 4.49. The Bertz CT molecular complexity index is 675. The van der Waals surface area contributed by atoms with E-state index in [1.807, 2.05) is 0 Å². The van der Waals surface area contributed by atoms with E-state index >= 15 is 0 Å². The maximum Gasteiger partial charge on any atom is 0.275 e. The van der Waals surface area contributed by atoms with Gasteiger partial charge in [0, 0.05) is 32.3 Å². The van der Waals surface area contributed by atoms with Gasteiger partial charge in [-0.15, -0.1) is 0 Å². The summed E-state index contributed by atoms with van der Waals surface area (Å²) in [5.41, 5.74) is 0.0867. The van der Waals surface area contributed by atoms with Gasteiger partial charge in [0.25, 0.3) is 5.91 Å². The average Bonchev–Trinajstić information content (AvgIpc) is 3.00. The zero-order valence-electron chi connectivity index (χ0n) is 12.5. The molecule has 0 fully saturated rings. The van der Waals surface area contributed by atoms with Crippen LogP contribution < -0.4 is 4.74 Å². The average molecular weight is 326 g/mol. The number of amides is 1. The SMILES string of the molecule is CN(CCCO)C(=O)c1cc(COc2ccc(F)cc2F)on1. The molecule has 0 unspecified atom stereocenters. The summed E-state index contributed by atoms with van der Waals surface area (Å²) < 4.78 is 36.3. The van der Waals surface area contributed by atoms with Gasteiger partial charge < -0.3 is 19.3 Å². The van der Waals surface area contributed by atoms with E-state index in [-0.39, 0.29) is 36.3 Å². The van der Waals surface area contributed by atoms with E-state index in [4.69, 9.17) is 14.4 Å². The first kappa shape index (κ1) is 16.9. The second-order valence-electron chi connectivity index (χ2n) is 4.85. The van der Waals surface area contributed by atoms with Crippen molar-refractivity contribution in [3.63, 3.8) is 0 Å². The topological polar surface area (TPSA) is 75.8 Å². The van der Waals surface area contributed by atoms with E-state index < -0.39 is 11.6 Å². The lowest BCUT2D eigenvalue weighted by molar-refractivity contribution is 0.0776. The molecule has 1 aromatic heterocycles. The molecule has 0 bridgehead atoms. The standard InChI is InChI=1S/C15H16F2N2O4/c1-19(5-2-6-20)15(21)13-8-11(23-18-13)9-22-14-4-3-10(16)7-12(14)17/h3-4,7-8,20H,2,5-6,9H2,1H3. The lowest BCUT2D eigenvalue weighted by Gasteiger charge is -2.14. The smallest absolute Gasteiger partial charge is 0.275 e. The third-order valence-electron chi connectivity index (χ3n) is 3.04. The van der Waals surface area contributed by atoms with Crippen molar-refractivity contribution in [1.29, 1.82) is 0 Å². The molecule has 6 nitrogen and oxygen atoms in total. The molecule has 0 radical (unpaired) electrons. The highest BCUT2D eigenvalue weighted by Gasteiger charge is 2.17. The van der Waals surface area contributed by atoms with Crippen LogP contribution in [0, 0.1) is 11.6 Å². The zero-order chi connectivity index (χ0) is 16.8. The van der Waals surface area contributed by atoms with Crippen molar-refractivity contribution in [3.8, 4) is 5.75 Å². The summed E-state index contributed by atoms with van der Waals surface area (Å²) in [5.74, 6) is -1.79. The molecule has 2 aromatic rings. The molecule has 0 aliphatic heterocycles. The molecule has 2 rings (SSSR count). The number of hydrogen-bond acceptors (Lipinski definition) is 5. The summed E-state index contributed by atoms with van der Waals surface area (Å²) in [5, 5.41) is 12.4. The highest BCUT2D eigenvalue weighted by molar-refractivity contribution is 5.92. The van der Waals surface area contributed by atoms with Crippen LogP contribution in [0.15, 0.2) is 28.8 Å². The predicted octanol–water partition coefficient (Wildman–Crippen LogP) is 1.99. The number of rotatable bonds is 7. The lowest BCUT2D eigenvalue weighted by atomic mass is 10.3. The van der Waals surface area contributed by atoms with Crippen LogP contribution in [0.25, 0.3) is 0 Å². The van der Waals surface area contributed by atoms with Crippen LogP contribution in [-0.4, -0.2) is 41.3 Å². The van der Waals surface area contributed by atoms with Crippen LogP contribution in [0.1, 0.15) is 22.7 Å². The number of halogens is 2. The van der Waals surface area contributed by atoms with Gasteiger partial charge in [-0.3, -0.25) is 4.79 Å². The van der Waals surface area contributed by atoms with Gasteiger partial charge >= 0.3 is 0 Å². The number of nitrogens with zero attached hydrogens (tertiary/aromatic N) is 2. The Hall–Kier alpha value is -2.48. The molecule has 124 valence electrons. The quantitative estimate of drug-likeness (QED) is 0.842. The van der Waals surface area contributed by atoms with Gasteiger partial charge in [-0.1, -0.05) is 5.16 Å². The highest BCUT2D eigenvalue weighted by atomic mass is 19.1. The summed E-state index contributed by atoms with van der Waals surface area (Å²) in [4.78, 5) is 13.4. The first-order chi connectivity index (χ1) is 11.0. The molecular weight excluding hydrogens is 310 g/mol. The molecule has 0 aliphatic carbocycles. The molecule has 1 aromatic carbocycles. The van der Waals surface area contributed by atoms with Gasteiger partial charge in [0.15, 0.2) is 23.0 Å². The van der Waals surface area contributed by atoms with Gasteiger partial charge in [-0.25, -0.2) is 8.78 Å². The molecule has 0 aliphatic rings. The maximum absolute atomic E-state index is 13.4. The molecule has 1 N–H and O–H groups in total. The minimum Gasteiger partial charge on any atom is -0.482 e. The molecule has 0 saturated carbocycles. The normalized spacial score (nSPS) is 10.6. The van der Waals surface area contributed by atoms with E-state index in [1.54, 1.807) is 7.05 Å². The Kier molecular flexibility index (Phi) is 5.64. The van der Waals surface area contributed by atoms with Crippen molar-refractivity contribution in [2.75, 3.05) is 20.2 Å². The van der Waals surface area contributed by atoms with Crippen LogP contribution in [0.5, 0.6) is 5.75 Å². The summed E-state index contributed by atoms with van der Waals surface area (Å²) in [6.45, 7) is 0.219. The lowest BCUT2D eigenvalue weighted by Crippen LogP contribution is -2.28. The molecule has 0 spiro atoms. The predicted molar refractivity (Wildman–Crippen MR) is 75.9 cm³/mol. The van der Waals surface area contributed by atoms with E-state index in [0.717, 1.165) is 12.1 Å². The number of hydrogen-bond donors (Lipinski definition) is 1. The molecule has 1 amide bonds. The van der Waals surface area contributed by atoms with Crippen molar-refractivity contribution in [1.82, 2.24) is 10.1 Å². The monoisotopic (exact) mass is 326 g/mol. The molecule has 0 atom stereocenters. The number of aromatic nitrogens is 1.